The first-order valence-corrected chi connectivity index (χ1v) is 5.50. The third-order valence-corrected chi connectivity index (χ3v) is 2.42. The Balaban J connectivity index is 2.76. The number of ether oxygens (including phenoxy) is 1. The van der Waals surface area contributed by atoms with Crippen LogP contribution in [0.5, 0.6) is 5.75 Å². The zero-order valence-electron chi connectivity index (χ0n) is 9.66. The van der Waals surface area contributed by atoms with Gasteiger partial charge < -0.3 is 4.74 Å². The molecule has 0 aromatic heterocycles. The molecule has 18 heavy (non-hydrogen) atoms. The molecule has 2 nitrogen and oxygen atoms in total. The first kappa shape index (κ1) is 14.2. The van der Waals surface area contributed by atoms with E-state index < -0.39 is 5.83 Å². The Morgan fingerprint density at radius 2 is 2.00 bits per heavy atom. The molecule has 1 aromatic rings. The first-order chi connectivity index (χ1) is 8.58. The number of benzene rings is 1. The van der Waals surface area contributed by atoms with Crippen LogP contribution in [0.4, 0.5) is 4.39 Å². The van der Waals surface area contributed by atoms with Crippen LogP contribution in [0.1, 0.15) is 10.4 Å². The molecule has 0 bridgehead atoms. The van der Waals surface area contributed by atoms with Gasteiger partial charge >= 0.3 is 0 Å². The van der Waals surface area contributed by atoms with Crippen molar-refractivity contribution < 1.29 is 13.9 Å². The van der Waals surface area contributed by atoms with Crippen molar-refractivity contribution in [1.82, 2.24) is 0 Å². The summed E-state index contributed by atoms with van der Waals surface area (Å²) in [6.07, 6.45) is 1.77. The number of carbonyl (C=O) groups excluding carboxylic acids is 1. The van der Waals surface area contributed by atoms with E-state index >= 15 is 0 Å². The van der Waals surface area contributed by atoms with Gasteiger partial charge in [-0.05, 0) is 30.3 Å². The van der Waals surface area contributed by atoms with Crippen molar-refractivity contribution in [2.45, 2.75) is 0 Å². The second kappa shape index (κ2) is 6.77. The van der Waals surface area contributed by atoms with E-state index in [0.717, 1.165) is 12.4 Å². The molecule has 0 aliphatic rings. The van der Waals surface area contributed by atoms with Gasteiger partial charge in [0.05, 0.1) is 0 Å². The van der Waals surface area contributed by atoms with Crippen molar-refractivity contribution in [3.8, 4) is 5.75 Å². The Morgan fingerprint density at radius 3 is 2.44 bits per heavy atom. The predicted octanol–water partition coefficient (Wildman–Crippen LogP) is 4.04. The van der Waals surface area contributed by atoms with Crippen LogP contribution in [0.15, 0.2) is 59.9 Å². The fourth-order valence-electron chi connectivity index (χ4n) is 1.20. The normalized spacial score (nSPS) is 11.4. The second-order valence-corrected chi connectivity index (χ2v) is 3.87. The van der Waals surface area contributed by atoms with Crippen molar-refractivity contribution in [3.63, 3.8) is 0 Å². The first-order valence-electron chi connectivity index (χ1n) is 5.12. The molecule has 0 atom stereocenters. The number of hydrogen-bond acceptors (Lipinski definition) is 2. The van der Waals surface area contributed by atoms with Crippen LogP contribution in [0, 0.1) is 0 Å². The number of carbonyl (C=O) groups is 1. The van der Waals surface area contributed by atoms with Gasteiger partial charge in [0, 0.05) is 16.2 Å². The Kier molecular flexibility index (Phi) is 5.33. The minimum Gasteiger partial charge on any atom is -0.489 e. The van der Waals surface area contributed by atoms with Gasteiger partial charge in [-0.3, -0.25) is 4.79 Å². The summed E-state index contributed by atoms with van der Waals surface area (Å²) in [5.74, 6) is -0.0626. The van der Waals surface area contributed by atoms with Crippen molar-refractivity contribution >= 4 is 17.9 Å². The summed E-state index contributed by atoms with van der Waals surface area (Å²) < 4.78 is 18.7. The molecule has 0 saturated heterocycles. The molecular formula is C14H12ClFO2. The molecule has 94 valence electrons. The van der Waals surface area contributed by atoms with E-state index in [9.17, 15) is 9.18 Å². The van der Waals surface area contributed by atoms with E-state index in [0.29, 0.717) is 11.3 Å². The molecule has 0 fully saturated rings. The lowest BCUT2D eigenvalue weighted by Gasteiger charge is -2.09. The smallest absolute Gasteiger partial charge is 0.150 e. The maximum Gasteiger partial charge on any atom is 0.150 e. The van der Waals surface area contributed by atoms with Crippen LogP contribution in [-0.2, 0) is 0 Å². The average molecular weight is 267 g/mol. The molecule has 0 N–H and O–H groups in total. The fraction of sp³-hybridized carbons (Fsp3) is 0.0714. The largest absolute Gasteiger partial charge is 0.489 e. The van der Waals surface area contributed by atoms with E-state index in [1.165, 1.54) is 0 Å². The van der Waals surface area contributed by atoms with E-state index in [1.54, 1.807) is 24.3 Å². The molecule has 0 spiro atoms. The number of aldehydes is 1. The molecule has 0 heterocycles. The minimum absolute atomic E-state index is 0.0549. The SMILES string of the molecule is C=C/C(F)=C(/COc1ccc(C=O)cc1)C(=C)Cl. The topological polar surface area (TPSA) is 26.3 Å². The summed E-state index contributed by atoms with van der Waals surface area (Å²) in [7, 11) is 0. The lowest BCUT2D eigenvalue weighted by atomic mass is 10.2. The number of halogens is 2. The van der Waals surface area contributed by atoms with E-state index in [-0.39, 0.29) is 17.2 Å². The Labute approximate surface area is 110 Å². The molecule has 0 radical (unpaired) electrons. The van der Waals surface area contributed by atoms with Gasteiger partial charge in [0.1, 0.15) is 24.5 Å². The van der Waals surface area contributed by atoms with Gasteiger partial charge in [0.2, 0.25) is 0 Å². The highest BCUT2D eigenvalue weighted by molar-refractivity contribution is 6.31. The van der Waals surface area contributed by atoms with Crippen molar-refractivity contribution in [2.24, 2.45) is 0 Å². The van der Waals surface area contributed by atoms with Gasteiger partial charge in [-0.15, -0.1) is 0 Å². The fourth-order valence-corrected chi connectivity index (χ4v) is 1.34. The standard InChI is InChI=1S/C14H12ClFO2/c1-3-14(16)13(10(2)15)9-18-12-6-4-11(8-17)5-7-12/h3-8H,1-2,9H2/b14-13+. The zero-order valence-corrected chi connectivity index (χ0v) is 10.4. The van der Waals surface area contributed by atoms with E-state index in [1.807, 2.05) is 0 Å². The molecule has 0 unspecified atom stereocenters. The van der Waals surface area contributed by atoms with Crippen LogP contribution in [-0.4, -0.2) is 12.9 Å². The molecular weight excluding hydrogens is 255 g/mol. The third-order valence-electron chi connectivity index (χ3n) is 2.19. The Bertz CT molecular complexity index is 489. The Morgan fingerprint density at radius 1 is 1.39 bits per heavy atom. The van der Waals surface area contributed by atoms with Gasteiger partial charge in [0.15, 0.2) is 0 Å². The van der Waals surface area contributed by atoms with Crippen LogP contribution >= 0.6 is 11.6 Å². The van der Waals surface area contributed by atoms with Crippen LogP contribution in [0.3, 0.4) is 0 Å². The van der Waals surface area contributed by atoms with Gasteiger partial charge in [-0.1, -0.05) is 24.8 Å². The summed E-state index contributed by atoms with van der Waals surface area (Å²) in [6, 6.07) is 6.44. The van der Waals surface area contributed by atoms with Gasteiger partial charge in [0.25, 0.3) is 0 Å². The molecule has 0 aliphatic carbocycles. The van der Waals surface area contributed by atoms with E-state index in [4.69, 9.17) is 16.3 Å². The number of hydrogen-bond donors (Lipinski definition) is 0. The lowest BCUT2D eigenvalue weighted by molar-refractivity contribution is 0.112. The number of allylic oxidation sites excluding steroid dienone is 2. The Hall–Kier alpha value is -1.87. The molecule has 1 rings (SSSR count). The second-order valence-electron chi connectivity index (χ2n) is 3.41. The van der Waals surface area contributed by atoms with Crippen molar-refractivity contribution in [1.29, 1.82) is 0 Å². The average Bonchev–Trinajstić information content (AvgIpc) is 2.39. The summed E-state index contributed by atoms with van der Waals surface area (Å²) in [5, 5.41) is 0.0666. The molecule has 4 heteroatoms. The van der Waals surface area contributed by atoms with Gasteiger partial charge in [-0.25, -0.2) is 4.39 Å². The summed E-state index contributed by atoms with van der Waals surface area (Å²) in [5.41, 5.74) is 0.684. The summed E-state index contributed by atoms with van der Waals surface area (Å²) in [4.78, 5) is 10.5. The maximum absolute atomic E-state index is 13.4. The quantitative estimate of drug-likeness (QED) is 0.574. The van der Waals surface area contributed by atoms with E-state index in [2.05, 4.69) is 13.2 Å². The highest BCUT2D eigenvalue weighted by atomic mass is 35.5. The van der Waals surface area contributed by atoms with Crippen LogP contribution < -0.4 is 4.74 Å². The molecule has 0 aliphatic heterocycles. The van der Waals surface area contributed by atoms with Gasteiger partial charge in [-0.2, -0.15) is 0 Å². The number of rotatable bonds is 6. The highest BCUT2D eigenvalue weighted by Crippen LogP contribution is 2.21. The molecule has 1 aromatic carbocycles. The summed E-state index contributed by atoms with van der Waals surface area (Å²) >= 11 is 5.66. The zero-order chi connectivity index (χ0) is 13.5. The monoisotopic (exact) mass is 266 g/mol. The predicted molar refractivity (Wildman–Crippen MR) is 70.6 cm³/mol. The lowest BCUT2D eigenvalue weighted by Crippen LogP contribution is -2.03. The molecule has 0 amide bonds. The maximum atomic E-state index is 13.4. The van der Waals surface area contributed by atoms with Crippen LogP contribution in [0.25, 0.3) is 0 Å². The summed E-state index contributed by atoms with van der Waals surface area (Å²) in [6.45, 7) is 6.72. The van der Waals surface area contributed by atoms with Crippen molar-refractivity contribution in [3.05, 3.63) is 65.5 Å². The van der Waals surface area contributed by atoms with Crippen LogP contribution in [0.2, 0.25) is 0 Å². The van der Waals surface area contributed by atoms with Crippen molar-refractivity contribution in [2.75, 3.05) is 6.61 Å². The minimum atomic E-state index is -0.570. The highest BCUT2D eigenvalue weighted by Gasteiger charge is 2.08. The molecule has 0 saturated carbocycles. The third kappa shape index (κ3) is 3.86.